The van der Waals surface area contributed by atoms with E-state index >= 15 is 0 Å². The van der Waals surface area contributed by atoms with Crippen LogP contribution in [0.3, 0.4) is 0 Å². The quantitative estimate of drug-likeness (QED) is 0.150. The fourth-order valence-electron chi connectivity index (χ4n) is 8.04. The molecule has 0 saturated carbocycles. The molecule has 260 valence electrons. The molecule has 4 N–H and O–H groups in total. The number of hydrogen-bond donors (Lipinski definition) is 4. The summed E-state index contributed by atoms with van der Waals surface area (Å²) in [5.74, 6) is -1.91. The number of ether oxygens (including phenoxy) is 2. The summed E-state index contributed by atoms with van der Waals surface area (Å²) in [7, 11) is 1.32. The van der Waals surface area contributed by atoms with E-state index in [9.17, 15) is 19.8 Å². The summed E-state index contributed by atoms with van der Waals surface area (Å²) < 4.78 is 10.7. The summed E-state index contributed by atoms with van der Waals surface area (Å²) in [5.41, 5.74) is 8.48. The molecule has 0 aromatic carbocycles. The molecule has 3 aromatic rings. The Bertz CT molecular complexity index is 2120. The molecule has 0 unspecified atom stereocenters. The maximum absolute atomic E-state index is 13.4. The number of fused-ring (bicyclic) bond motifs is 8. The van der Waals surface area contributed by atoms with Gasteiger partial charge in [0.15, 0.2) is 0 Å². The van der Waals surface area contributed by atoms with E-state index in [1.807, 2.05) is 39.0 Å². The van der Waals surface area contributed by atoms with Gasteiger partial charge in [0.25, 0.3) is 0 Å². The number of aliphatic hydroxyl groups excluding tert-OH is 2. The fraction of sp³-hybridized carbons (Fsp3) is 0.487. The second-order valence-corrected chi connectivity index (χ2v) is 13.8. The molecule has 0 saturated heterocycles. The van der Waals surface area contributed by atoms with Crippen molar-refractivity contribution in [2.45, 2.75) is 110 Å². The van der Waals surface area contributed by atoms with Gasteiger partial charge < -0.3 is 29.7 Å². The molecule has 0 radical (unpaired) electrons. The first-order valence-corrected chi connectivity index (χ1v) is 17.5. The van der Waals surface area contributed by atoms with Gasteiger partial charge in [-0.1, -0.05) is 34.1 Å². The van der Waals surface area contributed by atoms with Gasteiger partial charge in [-0.05, 0) is 69.4 Å². The van der Waals surface area contributed by atoms with Gasteiger partial charge in [0.1, 0.15) is 11.7 Å². The van der Waals surface area contributed by atoms with Crippen LogP contribution in [0.4, 0.5) is 0 Å². The van der Waals surface area contributed by atoms with Gasteiger partial charge in [-0.2, -0.15) is 0 Å². The van der Waals surface area contributed by atoms with E-state index in [1.165, 1.54) is 7.11 Å². The zero-order valence-corrected chi connectivity index (χ0v) is 29.8. The maximum Gasteiger partial charge on any atom is 0.321 e. The van der Waals surface area contributed by atoms with Crippen LogP contribution in [0.2, 0.25) is 0 Å². The van der Waals surface area contributed by atoms with Gasteiger partial charge in [-0.15, -0.1) is 0 Å². The third-order valence-electron chi connectivity index (χ3n) is 10.9. The van der Waals surface area contributed by atoms with E-state index in [-0.39, 0.29) is 47.6 Å². The minimum absolute atomic E-state index is 0.0744. The first-order chi connectivity index (χ1) is 23.4. The molecular weight excluding hydrogens is 620 g/mol. The molecular formula is C39H48N4O6. The average molecular weight is 669 g/mol. The largest absolute Gasteiger partial charge is 0.512 e. The van der Waals surface area contributed by atoms with E-state index in [4.69, 9.17) is 19.4 Å². The van der Waals surface area contributed by atoms with Gasteiger partial charge in [-0.25, -0.2) is 0 Å². The van der Waals surface area contributed by atoms with Crippen molar-refractivity contribution >= 4 is 45.5 Å². The molecule has 5 atom stereocenters. The van der Waals surface area contributed by atoms with Gasteiger partial charge in [0, 0.05) is 74.2 Å². The highest BCUT2D eigenvalue weighted by Crippen LogP contribution is 2.46. The first-order valence-electron chi connectivity index (χ1n) is 17.5. The van der Waals surface area contributed by atoms with Crippen molar-refractivity contribution in [3.8, 4) is 0 Å². The number of aromatic nitrogens is 4. The Morgan fingerprint density at radius 1 is 0.918 bits per heavy atom. The lowest BCUT2D eigenvalue weighted by atomic mass is 9.84. The number of nitrogens with one attached hydrogen (secondary N) is 2. The Kier molecular flexibility index (Phi) is 9.35. The molecule has 49 heavy (non-hydrogen) atoms. The van der Waals surface area contributed by atoms with Gasteiger partial charge in [0.05, 0.1) is 36.2 Å². The molecule has 10 heteroatoms. The predicted octanol–water partition coefficient (Wildman–Crippen LogP) is 6.86. The van der Waals surface area contributed by atoms with E-state index in [1.54, 1.807) is 6.92 Å². The monoisotopic (exact) mass is 668 g/mol. The minimum atomic E-state index is -1.07. The third-order valence-corrected chi connectivity index (χ3v) is 10.9. The summed E-state index contributed by atoms with van der Waals surface area (Å²) in [6.45, 7) is 14.4. The summed E-state index contributed by atoms with van der Waals surface area (Å²) >= 11 is 0. The Hall–Kier alpha value is -4.60. The number of nitrogens with zero attached hydrogens (tertiary/aromatic N) is 2. The number of carbonyl (C=O) groups is 2. The van der Waals surface area contributed by atoms with Crippen molar-refractivity contribution in [3.63, 3.8) is 0 Å². The number of aryl methyl sites for hydroxylation is 2. The van der Waals surface area contributed by atoms with Crippen molar-refractivity contribution in [3.05, 3.63) is 68.1 Å². The number of rotatable bonds is 8. The highest BCUT2D eigenvalue weighted by Gasteiger charge is 2.41. The Balaban J connectivity index is 1.72. The molecule has 3 aliphatic rings. The summed E-state index contributed by atoms with van der Waals surface area (Å²) in [6.07, 6.45) is 3.24. The van der Waals surface area contributed by atoms with E-state index in [0.29, 0.717) is 35.0 Å². The number of H-pyrrole nitrogens is 2. The van der Waals surface area contributed by atoms with E-state index in [0.717, 1.165) is 69.2 Å². The van der Waals surface area contributed by atoms with Crippen LogP contribution in [0.5, 0.6) is 0 Å². The number of methoxy groups -OCH3 is 1. The molecule has 0 amide bonds. The predicted molar refractivity (Wildman–Crippen MR) is 190 cm³/mol. The fourth-order valence-corrected chi connectivity index (χ4v) is 8.04. The molecule has 1 aliphatic carbocycles. The van der Waals surface area contributed by atoms with Crippen LogP contribution < -0.4 is 10.4 Å². The van der Waals surface area contributed by atoms with Crippen LogP contribution in [-0.2, 0) is 19.1 Å². The molecule has 0 fully saturated rings. The Labute approximate surface area is 286 Å². The Morgan fingerprint density at radius 2 is 1.57 bits per heavy atom. The van der Waals surface area contributed by atoms with Crippen molar-refractivity contribution in [1.82, 2.24) is 19.9 Å². The van der Waals surface area contributed by atoms with Crippen molar-refractivity contribution in [2.24, 2.45) is 0 Å². The smallest absolute Gasteiger partial charge is 0.321 e. The summed E-state index contributed by atoms with van der Waals surface area (Å²) in [4.78, 5) is 43.7. The van der Waals surface area contributed by atoms with Crippen molar-refractivity contribution < 1.29 is 29.3 Å². The summed E-state index contributed by atoms with van der Waals surface area (Å²) in [5, 5.41) is 23.9. The molecule has 0 spiro atoms. The Morgan fingerprint density at radius 3 is 2.24 bits per heavy atom. The molecule has 5 heterocycles. The number of hydrogen-bond acceptors (Lipinski definition) is 8. The molecule has 6 rings (SSSR count). The van der Waals surface area contributed by atoms with Crippen molar-refractivity contribution in [2.75, 3.05) is 13.7 Å². The molecule has 2 aliphatic heterocycles. The molecule has 3 aromatic heterocycles. The highest BCUT2D eigenvalue weighted by molar-refractivity contribution is 5.96. The molecule has 8 bridgehead atoms. The maximum atomic E-state index is 13.4. The van der Waals surface area contributed by atoms with Crippen LogP contribution in [0.15, 0.2) is 18.2 Å². The van der Waals surface area contributed by atoms with Crippen LogP contribution in [0, 0.1) is 13.8 Å². The van der Waals surface area contributed by atoms with E-state index < -0.39 is 11.9 Å². The lowest BCUT2D eigenvalue weighted by Crippen LogP contribution is -2.18. The second-order valence-electron chi connectivity index (χ2n) is 13.8. The number of aliphatic hydroxyl groups is 2. The second kappa shape index (κ2) is 13.4. The van der Waals surface area contributed by atoms with E-state index in [2.05, 4.69) is 30.7 Å². The average Bonchev–Trinajstić information content (AvgIpc) is 3.80. The SMILES string of the molecule is CCCCOC(=O)CC[C@@H]1c2nc(cc3[nH]c(cc4nc(cc5[nH]c6c2[C@@H](C(=O)OC)C(O)=c6c5C)[C@H](CC)[C@H]4C)c(=C(C)O)c3C)[C@H]1C. The van der Waals surface area contributed by atoms with Crippen molar-refractivity contribution in [1.29, 1.82) is 0 Å². The zero-order chi connectivity index (χ0) is 35.3. The minimum Gasteiger partial charge on any atom is -0.512 e. The van der Waals surface area contributed by atoms with Crippen LogP contribution in [0.1, 0.15) is 136 Å². The lowest BCUT2D eigenvalue weighted by Gasteiger charge is -2.19. The number of aromatic amines is 2. The van der Waals surface area contributed by atoms with Crippen LogP contribution in [0.25, 0.3) is 33.6 Å². The number of carbonyl (C=O) groups excluding carboxylic acids is 2. The normalized spacial score (nSPS) is 22.0. The third kappa shape index (κ3) is 5.78. The van der Waals surface area contributed by atoms with Gasteiger partial charge in [0.2, 0.25) is 0 Å². The first kappa shape index (κ1) is 34.3. The van der Waals surface area contributed by atoms with Crippen LogP contribution >= 0.6 is 0 Å². The number of unbranched alkanes of at least 4 members (excludes halogenated alkanes) is 1. The molecule has 10 nitrogen and oxygen atoms in total. The standard InChI is InChI=1S/C39H48N4O6/c1-9-11-14-49-31(45)13-12-24-19(4)26-15-27-20(5)32(22(7)44)30(41-27)17-25-18(3)23(10-2)29(40-25)16-28-21(6)33-37(43-28)34(36(24)42-26)35(38(33)46)39(47)48-8/h15-19,23-24,35,41,43-44,46H,9-14H2,1-8H3/t18-,19+,23-,24+,35-/m1/s1. The lowest BCUT2D eigenvalue weighted by molar-refractivity contribution is -0.144. The highest BCUT2D eigenvalue weighted by atomic mass is 16.5. The zero-order valence-electron chi connectivity index (χ0n) is 29.8. The van der Waals surface area contributed by atoms with Gasteiger partial charge >= 0.3 is 11.9 Å². The number of esters is 2. The van der Waals surface area contributed by atoms with Crippen LogP contribution in [-0.4, -0.2) is 55.8 Å². The van der Waals surface area contributed by atoms with Gasteiger partial charge in [-0.3, -0.25) is 19.6 Å². The summed E-state index contributed by atoms with van der Waals surface area (Å²) in [6, 6.07) is 6.08. The topological polar surface area (TPSA) is 150 Å².